The molecule has 0 aliphatic rings. The average Bonchev–Trinajstić information content (AvgIpc) is 0.811. The fraction of sp³-hybridized carbons (Fsp3) is 0.500. The molecule has 0 atom stereocenters. The smallest absolute Gasteiger partial charge is 0.218 e. The quantitative estimate of drug-likeness (QED) is 0.396. The maximum atomic E-state index is 9.21. The van der Waals surface area contributed by atoms with Crippen molar-refractivity contribution >= 4 is 16.8 Å². The summed E-state index contributed by atoms with van der Waals surface area (Å²) in [6.45, 7) is 1.29. The highest BCUT2D eigenvalue weighted by molar-refractivity contribution is 6.62. The van der Waals surface area contributed by atoms with Crippen molar-refractivity contribution in [2.75, 3.05) is 0 Å². The van der Waals surface area contributed by atoms with Crippen LogP contribution in [0.1, 0.15) is 6.92 Å². The third kappa shape index (κ3) is 2260. The SMILES string of the molecule is CC(=O)Cl.[N]. The van der Waals surface area contributed by atoms with Crippen LogP contribution in [-0.2, 0) is 4.79 Å². The van der Waals surface area contributed by atoms with Crippen LogP contribution in [0.15, 0.2) is 0 Å². The van der Waals surface area contributed by atoms with Gasteiger partial charge in [-0.25, -0.2) is 0 Å². The van der Waals surface area contributed by atoms with E-state index in [-0.39, 0.29) is 11.4 Å². The van der Waals surface area contributed by atoms with Crippen molar-refractivity contribution in [2.45, 2.75) is 6.92 Å². The number of carbonyl (C=O) groups excluding carboxylic acids is 1. The average molecular weight is 92.5 g/mol. The Labute approximate surface area is 35.7 Å². The minimum absolute atomic E-state index is 0. The molecule has 0 rings (SSSR count). The van der Waals surface area contributed by atoms with Gasteiger partial charge in [0.2, 0.25) is 5.24 Å². The first kappa shape index (κ1) is 8.87. The van der Waals surface area contributed by atoms with Gasteiger partial charge < -0.3 is 0 Å². The Morgan fingerprint density at radius 2 is 1.80 bits per heavy atom. The number of hydrogen-bond donors (Lipinski definition) is 0. The molecule has 2 nitrogen and oxygen atoms in total. The van der Waals surface area contributed by atoms with E-state index in [1.54, 1.807) is 0 Å². The number of halogens is 1. The Morgan fingerprint density at radius 1 is 1.80 bits per heavy atom. The second kappa shape index (κ2) is 3.92. The molecule has 0 aliphatic carbocycles. The molecule has 0 spiro atoms. The predicted octanol–water partition coefficient (Wildman–Crippen LogP) is 0.291. The Morgan fingerprint density at radius 3 is 1.80 bits per heavy atom. The molecule has 29 valence electrons. The summed E-state index contributed by atoms with van der Waals surface area (Å²) in [5, 5.41) is -0.361. The summed E-state index contributed by atoms with van der Waals surface area (Å²) in [6, 6.07) is 0. The van der Waals surface area contributed by atoms with Crippen molar-refractivity contribution in [3.05, 3.63) is 0 Å². The number of carbonyl (C=O) groups is 1. The van der Waals surface area contributed by atoms with Gasteiger partial charge >= 0.3 is 0 Å². The first-order valence-electron chi connectivity index (χ1n) is 0.893. The Kier molecular flexibility index (Phi) is 6.95. The van der Waals surface area contributed by atoms with E-state index in [0.29, 0.717) is 0 Å². The second-order valence-electron chi connectivity index (χ2n) is 0.470. The van der Waals surface area contributed by atoms with E-state index < -0.39 is 0 Å². The molecule has 0 aromatic rings. The molecule has 0 amide bonds. The van der Waals surface area contributed by atoms with Crippen LogP contribution in [0.3, 0.4) is 0 Å². The van der Waals surface area contributed by atoms with E-state index in [9.17, 15) is 4.79 Å². The molecule has 0 N–H and O–H groups in total. The van der Waals surface area contributed by atoms with Crippen LogP contribution in [0.5, 0.6) is 0 Å². The second-order valence-corrected chi connectivity index (χ2v) is 1.00. The zero-order valence-electron chi connectivity index (χ0n) is 2.73. The van der Waals surface area contributed by atoms with Crippen molar-refractivity contribution in [2.24, 2.45) is 0 Å². The fourth-order valence-electron chi connectivity index (χ4n) is 0. The molecule has 3 heteroatoms. The van der Waals surface area contributed by atoms with Crippen LogP contribution in [0.2, 0.25) is 0 Å². The largest absolute Gasteiger partial charge is 0.282 e. The minimum atomic E-state index is -0.361. The van der Waals surface area contributed by atoms with Crippen LogP contribution >= 0.6 is 11.6 Å². The maximum absolute atomic E-state index is 9.21. The molecule has 0 heterocycles. The maximum Gasteiger partial charge on any atom is 0.218 e. The van der Waals surface area contributed by atoms with Crippen LogP contribution in [0.25, 0.3) is 0 Å². The first-order valence-corrected chi connectivity index (χ1v) is 1.27. The lowest BCUT2D eigenvalue weighted by molar-refractivity contribution is -0.109. The third-order valence-corrected chi connectivity index (χ3v) is 0. The van der Waals surface area contributed by atoms with Gasteiger partial charge in [-0.3, -0.25) is 4.79 Å². The monoisotopic (exact) mass is 92.0 g/mol. The molecule has 0 saturated heterocycles. The van der Waals surface area contributed by atoms with Crippen molar-refractivity contribution in [1.82, 2.24) is 6.15 Å². The predicted molar refractivity (Wildman–Crippen MR) is 18.7 cm³/mol. The van der Waals surface area contributed by atoms with Gasteiger partial charge in [-0.2, -0.15) is 0 Å². The van der Waals surface area contributed by atoms with E-state index in [1.165, 1.54) is 6.92 Å². The normalized spacial score (nSPS) is 5.20. The molecular weight excluding hydrogens is 89.5 g/mol. The Bertz CT molecular complexity index is 32.6. The number of nitrogens with zero attached hydrogens (tertiary/aromatic N) is 1. The standard InChI is InChI=1S/C2H3ClO.N/c1-2(3)4;/h1H3;. The molecule has 0 saturated carbocycles. The molecule has 0 aromatic heterocycles. The molecular formula is C2H3ClNO. The lowest BCUT2D eigenvalue weighted by atomic mass is 10.9. The summed E-state index contributed by atoms with van der Waals surface area (Å²) >= 11 is 4.64. The Hall–Kier alpha value is -0.0800. The summed E-state index contributed by atoms with van der Waals surface area (Å²) < 4.78 is 0. The van der Waals surface area contributed by atoms with Crippen molar-refractivity contribution in [3.63, 3.8) is 0 Å². The molecule has 0 unspecified atom stereocenters. The molecule has 0 bridgehead atoms. The molecule has 0 fully saturated rings. The van der Waals surface area contributed by atoms with Gasteiger partial charge in [-0.15, -0.1) is 0 Å². The molecule has 0 aromatic carbocycles. The van der Waals surface area contributed by atoms with E-state index in [0.717, 1.165) is 0 Å². The zero-order chi connectivity index (χ0) is 3.58. The number of hydrogen-bond acceptors (Lipinski definition) is 1. The summed E-state index contributed by atoms with van der Waals surface area (Å²) in [7, 11) is 0. The van der Waals surface area contributed by atoms with Gasteiger partial charge in [0, 0.05) is 13.1 Å². The van der Waals surface area contributed by atoms with Crippen LogP contribution < -0.4 is 6.15 Å². The van der Waals surface area contributed by atoms with Gasteiger partial charge in [-0.05, 0) is 11.6 Å². The third-order valence-electron chi connectivity index (χ3n) is 0. The van der Waals surface area contributed by atoms with Gasteiger partial charge in [0.05, 0.1) is 0 Å². The zero-order valence-corrected chi connectivity index (χ0v) is 3.49. The van der Waals surface area contributed by atoms with Gasteiger partial charge in [0.15, 0.2) is 0 Å². The highest BCUT2D eigenvalue weighted by Crippen LogP contribution is 1.67. The summed E-state index contributed by atoms with van der Waals surface area (Å²) in [6.07, 6.45) is 0. The molecule has 3 radical (unpaired) electrons. The van der Waals surface area contributed by atoms with Gasteiger partial charge in [0.25, 0.3) is 0 Å². The summed E-state index contributed by atoms with van der Waals surface area (Å²) in [4.78, 5) is 9.21. The van der Waals surface area contributed by atoms with Crippen LogP contribution in [0.4, 0.5) is 0 Å². The van der Waals surface area contributed by atoms with Crippen molar-refractivity contribution in [3.8, 4) is 0 Å². The van der Waals surface area contributed by atoms with E-state index in [4.69, 9.17) is 0 Å². The highest BCUT2D eigenvalue weighted by atomic mass is 35.5. The fourth-order valence-corrected chi connectivity index (χ4v) is 0. The van der Waals surface area contributed by atoms with E-state index >= 15 is 0 Å². The lowest BCUT2D eigenvalue weighted by Crippen LogP contribution is -1.62. The Balaban J connectivity index is 0. The first-order chi connectivity index (χ1) is 1.73. The van der Waals surface area contributed by atoms with Crippen LogP contribution in [-0.4, -0.2) is 5.24 Å². The van der Waals surface area contributed by atoms with Crippen molar-refractivity contribution < 1.29 is 4.79 Å². The molecule has 0 aliphatic heterocycles. The van der Waals surface area contributed by atoms with Crippen molar-refractivity contribution in [1.29, 1.82) is 0 Å². The minimum Gasteiger partial charge on any atom is -0.282 e. The van der Waals surface area contributed by atoms with E-state index in [1.807, 2.05) is 0 Å². The molecule has 5 heavy (non-hydrogen) atoms. The topological polar surface area (TPSA) is 47.6 Å². The summed E-state index contributed by atoms with van der Waals surface area (Å²) in [5.74, 6) is 0. The van der Waals surface area contributed by atoms with E-state index in [2.05, 4.69) is 11.6 Å². The summed E-state index contributed by atoms with van der Waals surface area (Å²) in [5.41, 5.74) is 0. The van der Waals surface area contributed by atoms with Gasteiger partial charge in [0.1, 0.15) is 0 Å². The highest BCUT2D eigenvalue weighted by Gasteiger charge is 1.67. The lowest BCUT2D eigenvalue weighted by Gasteiger charge is -1.52. The van der Waals surface area contributed by atoms with Gasteiger partial charge in [-0.1, -0.05) is 0 Å². The number of rotatable bonds is 0. The van der Waals surface area contributed by atoms with Crippen LogP contribution in [0, 0.1) is 0 Å².